The largest absolute Gasteiger partial charge is 0.381 e. The number of thiocarbonyl (C=S) groups is 1. The highest BCUT2D eigenvalue weighted by atomic mass is 32.1. The van der Waals surface area contributed by atoms with Gasteiger partial charge in [-0.2, -0.15) is 5.26 Å². The van der Waals surface area contributed by atoms with Crippen molar-refractivity contribution in [3.8, 4) is 6.07 Å². The highest BCUT2D eigenvalue weighted by molar-refractivity contribution is 7.80. The molecule has 1 spiro atoms. The summed E-state index contributed by atoms with van der Waals surface area (Å²) < 4.78 is 5.69. The Morgan fingerprint density at radius 1 is 1.22 bits per heavy atom. The number of rotatable bonds is 8. The maximum atomic E-state index is 13.3. The normalized spacial score (nSPS) is 26.4. The second-order valence-corrected chi connectivity index (χ2v) is 11.7. The maximum Gasteiger partial charge on any atom is 0.170 e. The van der Waals surface area contributed by atoms with E-state index in [-0.39, 0.29) is 11.5 Å². The number of carbonyl (C=O) groups excluding carboxylic acids is 1. The van der Waals surface area contributed by atoms with Gasteiger partial charge in [0, 0.05) is 26.1 Å². The van der Waals surface area contributed by atoms with Crippen molar-refractivity contribution in [2.45, 2.75) is 76.0 Å². The van der Waals surface area contributed by atoms with Crippen LogP contribution in [0.15, 0.2) is 42.5 Å². The number of hydrogen-bond donors (Lipinski definition) is 1. The van der Waals surface area contributed by atoms with Crippen LogP contribution < -0.4 is 5.32 Å². The van der Waals surface area contributed by atoms with Gasteiger partial charge >= 0.3 is 0 Å². The summed E-state index contributed by atoms with van der Waals surface area (Å²) in [7, 11) is 3.71. The molecule has 0 bridgehead atoms. The predicted octanol–water partition coefficient (Wildman–Crippen LogP) is 5.43. The van der Waals surface area contributed by atoms with E-state index in [2.05, 4.69) is 29.6 Å². The van der Waals surface area contributed by atoms with E-state index in [0.29, 0.717) is 17.2 Å². The average molecular weight is 516 g/mol. The smallest absolute Gasteiger partial charge is 0.170 e. The Morgan fingerprint density at radius 3 is 2.65 bits per heavy atom. The Kier molecular flexibility index (Phi) is 7.38. The van der Waals surface area contributed by atoms with Gasteiger partial charge in [-0.25, -0.2) is 0 Å². The lowest BCUT2D eigenvalue weighted by molar-refractivity contribution is -0.120. The Morgan fingerprint density at radius 2 is 1.97 bits per heavy atom. The summed E-state index contributed by atoms with van der Waals surface area (Å²) in [4.78, 5) is 15.3. The lowest BCUT2D eigenvalue weighted by Gasteiger charge is -2.48. The molecule has 0 heterocycles. The summed E-state index contributed by atoms with van der Waals surface area (Å²) in [6.07, 6.45) is 10.9. The number of ether oxygens (including phenoxy) is 1. The van der Waals surface area contributed by atoms with E-state index >= 15 is 0 Å². The number of benzene rings is 2. The minimum atomic E-state index is -0.878. The molecule has 1 unspecified atom stereocenters. The van der Waals surface area contributed by atoms with Gasteiger partial charge in [0.25, 0.3) is 0 Å². The quantitative estimate of drug-likeness (QED) is 0.373. The van der Waals surface area contributed by atoms with Crippen LogP contribution >= 0.6 is 12.2 Å². The van der Waals surface area contributed by atoms with Crippen LogP contribution in [0.25, 0.3) is 0 Å². The van der Waals surface area contributed by atoms with Gasteiger partial charge in [-0.15, -0.1) is 0 Å². The molecule has 3 aliphatic rings. The molecule has 2 aromatic carbocycles. The summed E-state index contributed by atoms with van der Waals surface area (Å²) in [6, 6.07) is 16.7. The SMILES string of the molecule is COC1CCC2(CC1)Cc1ccc(CCC3CC3)cc1C2(C=O)NC(=S)N(C)Cc1ccccc1C#N. The molecule has 0 aliphatic heterocycles. The first-order valence-electron chi connectivity index (χ1n) is 13.6. The first-order valence-corrected chi connectivity index (χ1v) is 14.0. The van der Waals surface area contributed by atoms with Crippen molar-refractivity contribution in [2.75, 3.05) is 14.2 Å². The van der Waals surface area contributed by atoms with Crippen LogP contribution in [0.1, 0.15) is 72.8 Å². The zero-order valence-corrected chi connectivity index (χ0v) is 22.8. The zero-order chi connectivity index (χ0) is 26.0. The molecule has 1 N–H and O–H groups in total. The lowest BCUT2D eigenvalue weighted by Crippen LogP contribution is -2.60. The molecule has 0 amide bonds. The number of nitrogens with zero attached hydrogens (tertiary/aromatic N) is 2. The van der Waals surface area contributed by atoms with Gasteiger partial charge in [-0.1, -0.05) is 49.2 Å². The fraction of sp³-hybridized carbons (Fsp3) is 0.516. The molecule has 6 heteroatoms. The second kappa shape index (κ2) is 10.6. The van der Waals surface area contributed by atoms with E-state index in [0.717, 1.165) is 61.9 Å². The molecule has 2 aromatic rings. The molecule has 2 saturated carbocycles. The summed E-state index contributed by atoms with van der Waals surface area (Å²) in [5.74, 6) is 0.871. The van der Waals surface area contributed by atoms with Crippen LogP contribution in [-0.4, -0.2) is 36.6 Å². The van der Waals surface area contributed by atoms with E-state index in [1.807, 2.05) is 36.2 Å². The van der Waals surface area contributed by atoms with Crippen molar-refractivity contribution in [2.24, 2.45) is 11.3 Å². The van der Waals surface area contributed by atoms with E-state index in [9.17, 15) is 10.1 Å². The number of nitriles is 1. The van der Waals surface area contributed by atoms with Crippen molar-refractivity contribution >= 4 is 23.6 Å². The third-order valence-corrected chi connectivity index (χ3v) is 9.51. The molecule has 5 rings (SSSR count). The van der Waals surface area contributed by atoms with Crippen LogP contribution in [-0.2, 0) is 34.5 Å². The molecule has 5 nitrogen and oxygen atoms in total. The maximum absolute atomic E-state index is 13.3. The Labute approximate surface area is 226 Å². The van der Waals surface area contributed by atoms with Gasteiger partial charge < -0.3 is 19.7 Å². The zero-order valence-electron chi connectivity index (χ0n) is 22.0. The van der Waals surface area contributed by atoms with Crippen molar-refractivity contribution in [1.82, 2.24) is 10.2 Å². The number of aryl methyl sites for hydroxylation is 1. The lowest BCUT2D eigenvalue weighted by atomic mass is 9.62. The number of methoxy groups -OCH3 is 1. The van der Waals surface area contributed by atoms with E-state index < -0.39 is 5.54 Å². The average Bonchev–Trinajstić information content (AvgIpc) is 3.72. The number of aldehydes is 1. The van der Waals surface area contributed by atoms with E-state index in [1.165, 1.54) is 30.4 Å². The number of carbonyl (C=O) groups is 1. The summed E-state index contributed by atoms with van der Waals surface area (Å²) >= 11 is 5.93. The molecule has 1 atom stereocenters. The minimum absolute atomic E-state index is 0.239. The summed E-state index contributed by atoms with van der Waals surface area (Å²) in [6.45, 7) is 0.498. The third-order valence-electron chi connectivity index (χ3n) is 9.10. The topological polar surface area (TPSA) is 65.4 Å². The molecular weight excluding hydrogens is 478 g/mol. The van der Waals surface area contributed by atoms with Gasteiger partial charge in [-0.3, -0.25) is 0 Å². The summed E-state index contributed by atoms with van der Waals surface area (Å²) in [5, 5.41) is 13.7. The Bertz CT molecular complexity index is 1210. The van der Waals surface area contributed by atoms with Crippen molar-refractivity contribution in [1.29, 1.82) is 5.26 Å². The molecule has 0 saturated heterocycles. The summed E-state index contributed by atoms with van der Waals surface area (Å²) in [5.41, 5.74) is 4.10. The monoisotopic (exact) mass is 515 g/mol. The molecule has 37 heavy (non-hydrogen) atoms. The van der Waals surface area contributed by atoms with E-state index in [1.54, 1.807) is 7.11 Å². The van der Waals surface area contributed by atoms with Crippen LogP contribution in [0.5, 0.6) is 0 Å². The van der Waals surface area contributed by atoms with Gasteiger partial charge in [-0.05, 0) is 91.4 Å². The highest BCUT2D eigenvalue weighted by Crippen LogP contribution is 2.57. The minimum Gasteiger partial charge on any atom is -0.381 e. The van der Waals surface area contributed by atoms with Crippen LogP contribution in [0, 0.1) is 22.7 Å². The number of fused-ring (bicyclic) bond motifs is 1. The number of hydrogen-bond acceptors (Lipinski definition) is 4. The first-order chi connectivity index (χ1) is 17.9. The molecule has 194 valence electrons. The standard InChI is InChI=1S/C31H37N3O2S/c1-34(20-26-6-4-3-5-25(26)19-32)29(37)33-31(21-35)28-17-23(10-9-22-7-8-22)11-12-24(28)18-30(31)15-13-27(36-2)14-16-30/h3-6,11-12,17,21-22,27H,7-10,13-16,18,20H2,1-2H3,(H,33,37). The van der Waals surface area contributed by atoms with Crippen LogP contribution in [0.2, 0.25) is 0 Å². The van der Waals surface area contributed by atoms with Crippen molar-refractivity contribution in [3.63, 3.8) is 0 Å². The molecule has 0 aromatic heterocycles. The fourth-order valence-corrected chi connectivity index (χ4v) is 6.82. The van der Waals surface area contributed by atoms with Gasteiger partial charge in [0.15, 0.2) is 11.4 Å². The van der Waals surface area contributed by atoms with Crippen molar-refractivity contribution in [3.05, 3.63) is 70.3 Å². The van der Waals surface area contributed by atoms with Crippen LogP contribution in [0.3, 0.4) is 0 Å². The fourth-order valence-electron chi connectivity index (χ4n) is 6.59. The molecular formula is C31H37N3O2S. The van der Waals surface area contributed by atoms with E-state index in [4.69, 9.17) is 17.0 Å². The van der Waals surface area contributed by atoms with Crippen LogP contribution in [0.4, 0.5) is 0 Å². The van der Waals surface area contributed by atoms with Gasteiger partial charge in [0.1, 0.15) is 5.54 Å². The molecule has 0 radical (unpaired) electrons. The number of nitrogens with one attached hydrogen (secondary N) is 1. The Balaban J connectivity index is 1.46. The highest BCUT2D eigenvalue weighted by Gasteiger charge is 2.59. The molecule has 3 aliphatic carbocycles. The third kappa shape index (κ3) is 4.92. The Hall–Kier alpha value is -2.75. The van der Waals surface area contributed by atoms with Crippen molar-refractivity contribution < 1.29 is 9.53 Å². The van der Waals surface area contributed by atoms with Gasteiger partial charge in [0.2, 0.25) is 0 Å². The second-order valence-electron chi connectivity index (χ2n) is 11.3. The first kappa shape index (κ1) is 25.9. The van der Waals surface area contributed by atoms with Gasteiger partial charge in [0.05, 0.1) is 17.7 Å². The molecule has 2 fully saturated rings. The predicted molar refractivity (Wildman–Crippen MR) is 149 cm³/mol.